The molecular formula is C21H27ClN3O4+. The number of imide groups is 1. The fourth-order valence-electron chi connectivity index (χ4n) is 2.72. The lowest BCUT2D eigenvalue weighted by Gasteiger charge is -2.14. The molecule has 0 aliphatic heterocycles. The molecule has 0 unspecified atom stereocenters. The van der Waals surface area contributed by atoms with Crippen molar-refractivity contribution >= 4 is 29.2 Å². The Hall–Kier alpha value is -2.77. The van der Waals surface area contributed by atoms with Crippen molar-refractivity contribution in [1.29, 1.82) is 0 Å². The Morgan fingerprint density at radius 3 is 2.45 bits per heavy atom. The number of hydrogen-bond donors (Lipinski definition) is 3. The van der Waals surface area contributed by atoms with Crippen LogP contribution in [-0.2, 0) is 4.79 Å². The third-order valence-electron chi connectivity index (χ3n) is 4.11. The Balaban J connectivity index is 1.87. The number of carbonyl (C=O) groups excluding carboxylic acids is 2. The smallest absolute Gasteiger partial charge is 0.326 e. The van der Waals surface area contributed by atoms with Crippen LogP contribution in [0.5, 0.6) is 11.5 Å². The number of benzene rings is 2. The molecule has 0 spiro atoms. The van der Waals surface area contributed by atoms with Crippen molar-refractivity contribution < 1.29 is 24.4 Å². The van der Waals surface area contributed by atoms with Crippen molar-refractivity contribution in [3.63, 3.8) is 0 Å². The Kier molecular flexibility index (Phi) is 8.76. The first-order valence-electron chi connectivity index (χ1n) is 9.52. The van der Waals surface area contributed by atoms with E-state index < -0.39 is 11.9 Å². The molecule has 4 N–H and O–H groups in total. The minimum Gasteiger partial charge on any atom is -0.490 e. The van der Waals surface area contributed by atoms with Gasteiger partial charge in [0.15, 0.2) is 18.0 Å². The monoisotopic (exact) mass is 420 g/mol. The molecule has 1 atom stereocenters. The predicted octanol–water partition coefficient (Wildman–Crippen LogP) is 3.11. The second kappa shape index (κ2) is 11.3. The van der Waals surface area contributed by atoms with E-state index in [4.69, 9.17) is 21.1 Å². The number of hydrogen-bond acceptors (Lipinski definition) is 4. The van der Waals surface area contributed by atoms with E-state index in [0.29, 0.717) is 35.4 Å². The van der Waals surface area contributed by atoms with E-state index in [9.17, 15) is 9.59 Å². The van der Waals surface area contributed by atoms with Crippen molar-refractivity contribution in [2.45, 2.75) is 26.8 Å². The summed E-state index contributed by atoms with van der Waals surface area (Å²) in [5.74, 6) is 0.720. The summed E-state index contributed by atoms with van der Waals surface area (Å²) in [5, 5.41) is 7.41. The van der Waals surface area contributed by atoms with Crippen molar-refractivity contribution in [1.82, 2.24) is 5.32 Å². The van der Waals surface area contributed by atoms with Gasteiger partial charge in [0.2, 0.25) is 0 Å². The number of quaternary nitrogens is 1. The van der Waals surface area contributed by atoms with E-state index in [2.05, 4.69) is 10.6 Å². The summed E-state index contributed by atoms with van der Waals surface area (Å²) in [6, 6.07) is 11.9. The maximum atomic E-state index is 12.1. The summed E-state index contributed by atoms with van der Waals surface area (Å²) in [7, 11) is 0. The summed E-state index contributed by atoms with van der Waals surface area (Å²) < 4.78 is 11.0. The highest BCUT2D eigenvalue weighted by Crippen LogP contribution is 2.30. The van der Waals surface area contributed by atoms with Crippen LogP contribution in [0.15, 0.2) is 42.5 Å². The van der Waals surface area contributed by atoms with Crippen LogP contribution in [0.2, 0.25) is 5.02 Å². The Morgan fingerprint density at radius 1 is 1.07 bits per heavy atom. The number of anilines is 1. The minimum absolute atomic E-state index is 0.0163. The van der Waals surface area contributed by atoms with Gasteiger partial charge in [-0.1, -0.05) is 29.8 Å². The Morgan fingerprint density at radius 2 is 1.76 bits per heavy atom. The zero-order valence-corrected chi connectivity index (χ0v) is 17.6. The molecule has 3 amide bonds. The standard InChI is InChI=1S/C21H26ClN3O4/c1-4-28-18-11-10-15(12-19(18)29-5-2)24-21(27)25-20(26)13-23-14(3)16-8-6-7-9-17(16)22/h6-12,14,23H,4-5,13H2,1-3H3,(H2,24,25,26,27)/p+1/t14-/m0/s1. The first-order valence-corrected chi connectivity index (χ1v) is 9.90. The third-order valence-corrected chi connectivity index (χ3v) is 4.45. The van der Waals surface area contributed by atoms with Crippen LogP contribution in [0.1, 0.15) is 32.4 Å². The van der Waals surface area contributed by atoms with Crippen LogP contribution in [0, 0.1) is 0 Å². The number of nitrogens with one attached hydrogen (secondary N) is 2. The molecule has 2 aromatic carbocycles. The normalized spacial score (nSPS) is 11.4. The zero-order valence-electron chi connectivity index (χ0n) is 16.8. The SMILES string of the molecule is CCOc1ccc(NC(=O)NC(=O)C[NH2+][C@@H](C)c2ccccc2Cl)cc1OCC. The van der Waals surface area contributed by atoms with Gasteiger partial charge in [-0.3, -0.25) is 10.1 Å². The van der Waals surface area contributed by atoms with Crippen molar-refractivity contribution in [3.8, 4) is 11.5 Å². The average Bonchev–Trinajstić information content (AvgIpc) is 2.68. The van der Waals surface area contributed by atoms with Crippen molar-refractivity contribution in [2.75, 3.05) is 25.1 Å². The van der Waals surface area contributed by atoms with Gasteiger partial charge in [0.1, 0.15) is 6.04 Å². The molecule has 2 aromatic rings. The summed E-state index contributed by atoms with van der Waals surface area (Å²) >= 11 is 6.17. The highest BCUT2D eigenvalue weighted by molar-refractivity contribution is 6.31. The lowest BCUT2D eigenvalue weighted by atomic mass is 10.1. The van der Waals surface area contributed by atoms with E-state index in [1.165, 1.54) is 0 Å². The minimum atomic E-state index is -0.611. The second-order valence-corrected chi connectivity index (χ2v) is 6.69. The van der Waals surface area contributed by atoms with E-state index in [0.717, 1.165) is 5.56 Å². The second-order valence-electron chi connectivity index (χ2n) is 6.28. The first kappa shape index (κ1) is 22.5. The number of amides is 3. The van der Waals surface area contributed by atoms with Gasteiger partial charge >= 0.3 is 6.03 Å². The number of halogens is 1. The predicted molar refractivity (Wildman–Crippen MR) is 113 cm³/mol. The molecule has 0 aromatic heterocycles. The highest BCUT2D eigenvalue weighted by Gasteiger charge is 2.16. The molecule has 0 saturated heterocycles. The first-order chi connectivity index (χ1) is 13.9. The van der Waals surface area contributed by atoms with E-state index in [1.807, 2.05) is 50.4 Å². The Labute approximate surface area is 175 Å². The summed E-state index contributed by atoms with van der Waals surface area (Å²) in [6.45, 7) is 6.75. The molecule has 8 heteroatoms. The van der Waals surface area contributed by atoms with Crippen LogP contribution in [0.25, 0.3) is 0 Å². The van der Waals surface area contributed by atoms with Gasteiger partial charge in [-0.05, 0) is 39.0 Å². The van der Waals surface area contributed by atoms with Crippen LogP contribution in [-0.4, -0.2) is 31.7 Å². The maximum Gasteiger partial charge on any atom is 0.326 e. The van der Waals surface area contributed by atoms with Gasteiger partial charge in [0.05, 0.1) is 13.2 Å². The molecule has 2 rings (SSSR count). The largest absolute Gasteiger partial charge is 0.490 e. The van der Waals surface area contributed by atoms with E-state index >= 15 is 0 Å². The average molecular weight is 421 g/mol. The lowest BCUT2D eigenvalue weighted by Crippen LogP contribution is -2.87. The maximum absolute atomic E-state index is 12.1. The van der Waals surface area contributed by atoms with Gasteiger partial charge in [-0.25, -0.2) is 4.79 Å². The molecule has 0 radical (unpaired) electrons. The number of ether oxygens (including phenoxy) is 2. The molecule has 0 fully saturated rings. The number of rotatable bonds is 9. The van der Waals surface area contributed by atoms with Crippen LogP contribution >= 0.6 is 11.6 Å². The van der Waals surface area contributed by atoms with Gasteiger partial charge < -0.3 is 20.1 Å². The van der Waals surface area contributed by atoms with E-state index in [1.54, 1.807) is 18.2 Å². The molecule has 0 saturated carbocycles. The van der Waals surface area contributed by atoms with Gasteiger partial charge in [-0.15, -0.1) is 0 Å². The Bertz CT molecular complexity index is 844. The number of nitrogens with two attached hydrogens (primary N) is 1. The summed E-state index contributed by atoms with van der Waals surface area (Å²) in [6.07, 6.45) is 0. The highest BCUT2D eigenvalue weighted by atomic mass is 35.5. The topological polar surface area (TPSA) is 93.3 Å². The number of urea groups is 1. The molecule has 156 valence electrons. The molecular weight excluding hydrogens is 394 g/mol. The summed E-state index contributed by atoms with van der Waals surface area (Å²) in [5.41, 5.74) is 1.43. The fourth-order valence-corrected chi connectivity index (χ4v) is 3.03. The molecule has 0 aliphatic rings. The lowest BCUT2D eigenvalue weighted by molar-refractivity contribution is -0.682. The van der Waals surface area contributed by atoms with Gasteiger partial charge in [0, 0.05) is 22.3 Å². The van der Waals surface area contributed by atoms with Gasteiger partial charge in [-0.2, -0.15) is 0 Å². The molecule has 0 bridgehead atoms. The third kappa shape index (κ3) is 6.96. The van der Waals surface area contributed by atoms with Crippen molar-refractivity contribution in [3.05, 3.63) is 53.1 Å². The van der Waals surface area contributed by atoms with Crippen molar-refractivity contribution in [2.24, 2.45) is 0 Å². The summed E-state index contributed by atoms with van der Waals surface area (Å²) in [4.78, 5) is 24.2. The van der Waals surface area contributed by atoms with Crippen LogP contribution in [0.3, 0.4) is 0 Å². The van der Waals surface area contributed by atoms with Crippen LogP contribution in [0.4, 0.5) is 10.5 Å². The quantitative estimate of drug-likeness (QED) is 0.581. The fraction of sp³-hybridized carbons (Fsp3) is 0.333. The number of carbonyl (C=O) groups is 2. The molecule has 0 aliphatic carbocycles. The zero-order chi connectivity index (χ0) is 21.2. The molecule has 0 heterocycles. The van der Waals surface area contributed by atoms with E-state index in [-0.39, 0.29) is 12.6 Å². The van der Waals surface area contributed by atoms with Crippen LogP contribution < -0.4 is 25.4 Å². The molecule has 29 heavy (non-hydrogen) atoms. The molecule has 7 nitrogen and oxygen atoms in total. The van der Waals surface area contributed by atoms with Gasteiger partial charge in [0.25, 0.3) is 5.91 Å².